The second-order valence-electron chi connectivity index (χ2n) is 4.16. The van der Waals surface area contributed by atoms with Gasteiger partial charge in [-0.2, -0.15) is 0 Å². The Morgan fingerprint density at radius 2 is 1.90 bits per heavy atom. The van der Waals surface area contributed by atoms with Gasteiger partial charge in [-0.15, -0.1) is 0 Å². The topological polar surface area (TPSA) is 67.8 Å². The summed E-state index contributed by atoms with van der Waals surface area (Å²) in [5.74, 6) is 1.18. The highest BCUT2D eigenvalue weighted by molar-refractivity contribution is 9.11. The van der Waals surface area contributed by atoms with Gasteiger partial charge in [-0.25, -0.2) is 0 Å². The predicted molar refractivity (Wildman–Crippen MR) is 85.6 cm³/mol. The maximum absolute atomic E-state index is 8.83. The fourth-order valence-corrected chi connectivity index (χ4v) is 2.78. The number of oxime groups is 1. The van der Waals surface area contributed by atoms with E-state index < -0.39 is 0 Å². The van der Waals surface area contributed by atoms with E-state index in [0.717, 1.165) is 14.5 Å². The van der Waals surface area contributed by atoms with Gasteiger partial charge in [0, 0.05) is 4.47 Å². The number of nitrogens with zero attached hydrogens (tertiary/aromatic N) is 1. The summed E-state index contributed by atoms with van der Waals surface area (Å²) >= 11 is 6.82. The van der Waals surface area contributed by atoms with Crippen LogP contribution in [0.1, 0.15) is 11.1 Å². The lowest BCUT2D eigenvalue weighted by Gasteiger charge is -2.12. The van der Waals surface area contributed by atoms with Crippen molar-refractivity contribution in [3.63, 3.8) is 0 Å². The number of aryl methyl sites for hydroxylation is 1. The van der Waals surface area contributed by atoms with Crippen LogP contribution in [0.2, 0.25) is 0 Å². The fourth-order valence-electron chi connectivity index (χ4n) is 1.66. The molecule has 0 fully saturated rings. The van der Waals surface area contributed by atoms with Gasteiger partial charge < -0.3 is 15.7 Å². The van der Waals surface area contributed by atoms with Crippen molar-refractivity contribution in [3.05, 3.63) is 56.5 Å². The molecule has 4 nitrogen and oxygen atoms in total. The molecule has 0 heterocycles. The molecule has 2 rings (SSSR count). The van der Waals surface area contributed by atoms with Crippen LogP contribution >= 0.6 is 31.9 Å². The molecular formula is C14H12Br2N2O2. The Hall–Kier alpha value is -1.53. The molecule has 0 saturated heterocycles. The van der Waals surface area contributed by atoms with E-state index in [1.54, 1.807) is 6.07 Å². The zero-order chi connectivity index (χ0) is 14.7. The quantitative estimate of drug-likeness (QED) is 0.347. The molecule has 0 spiro atoms. The summed E-state index contributed by atoms with van der Waals surface area (Å²) in [4.78, 5) is 0. The second-order valence-corrected chi connectivity index (χ2v) is 5.93. The molecule has 104 valence electrons. The summed E-state index contributed by atoms with van der Waals surface area (Å²) in [6.45, 7) is 1.94. The number of benzene rings is 2. The number of halogens is 2. The van der Waals surface area contributed by atoms with Crippen molar-refractivity contribution >= 4 is 37.7 Å². The second kappa shape index (κ2) is 6.28. The van der Waals surface area contributed by atoms with Crippen molar-refractivity contribution in [1.82, 2.24) is 0 Å². The first kappa shape index (κ1) is 14.9. The molecule has 6 heteroatoms. The first-order valence-corrected chi connectivity index (χ1v) is 7.31. The number of amidine groups is 1. The number of hydrogen-bond acceptors (Lipinski definition) is 3. The van der Waals surface area contributed by atoms with E-state index in [0.29, 0.717) is 17.1 Å². The van der Waals surface area contributed by atoms with Gasteiger partial charge in [-0.1, -0.05) is 27.2 Å². The Balaban J connectivity index is 2.44. The van der Waals surface area contributed by atoms with Crippen molar-refractivity contribution in [2.75, 3.05) is 0 Å². The Labute approximate surface area is 133 Å². The van der Waals surface area contributed by atoms with Crippen molar-refractivity contribution in [2.24, 2.45) is 10.9 Å². The van der Waals surface area contributed by atoms with Crippen LogP contribution in [0, 0.1) is 6.92 Å². The van der Waals surface area contributed by atoms with Crippen LogP contribution in [-0.2, 0) is 0 Å². The highest BCUT2D eigenvalue weighted by atomic mass is 79.9. The lowest BCUT2D eigenvalue weighted by Crippen LogP contribution is -2.14. The third-order valence-corrected chi connectivity index (χ3v) is 3.75. The molecule has 2 aromatic rings. The van der Waals surface area contributed by atoms with Gasteiger partial charge in [0.2, 0.25) is 0 Å². The molecule has 0 aromatic heterocycles. The minimum atomic E-state index is 0.00762. The maximum atomic E-state index is 8.83. The maximum Gasteiger partial charge on any atom is 0.173 e. The highest BCUT2D eigenvalue weighted by Crippen LogP contribution is 2.33. The number of rotatable bonds is 3. The van der Waals surface area contributed by atoms with Gasteiger partial charge in [-0.3, -0.25) is 0 Å². The lowest BCUT2D eigenvalue weighted by molar-refractivity contribution is 0.318. The van der Waals surface area contributed by atoms with Gasteiger partial charge in [0.25, 0.3) is 0 Å². The Morgan fingerprint density at radius 1 is 1.15 bits per heavy atom. The summed E-state index contributed by atoms with van der Waals surface area (Å²) in [5, 5.41) is 11.9. The molecule has 20 heavy (non-hydrogen) atoms. The van der Waals surface area contributed by atoms with Crippen molar-refractivity contribution in [1.29, 1.82) is 0 Å². The van der Waals surface area contributed by atoms with Crippen molar-refractivity contribution < 1.29 is 9.94 Å². The monoisotopic (exact) mass is 398 g/mol. The predicted octanol–water partition coefficient (Wildman–Crippen LogP) is 4.41. The van der Waals surface area contributed by atoms with E-state index in [-0.39, 0.29) is 5.84 Å². The minimum absolute atomic E-state index is 0.00762. The van der Waals surface area contributed by atoms with Gasteiger partial charge in [0.05, 0.1) is 10.0 Å². The molecule has 0 radical (unpaired) electrons. The van der Waals surface area contributed by atoms with E-state index in [1.807, 2.05) is 37.3 Å². The van der Waals surface area contributed by atoms with Crippen LogP contribution in [0.15, 0.2) is 50.5 Å². The number of ether oxygens (including phenoxy) is 1. The largest absolute Gasteiger partial charge is 0.455 e. The molecule has 0 saturated carbocycles. The van der Waals surface area contributed by atoms with Gasteiger partial charge >= 0.3 is 0 Å². The van der Waals surface area contributed by atoms with Crippen molar-refractivity contribution in [2.45, 2.75) is 6.92 Å². The molecular weight excluding hydrogens is 388 g/mol. The molecule has 3 N–H and O–H groups in total. The average Bonchev–Trinajstić information content (AvgIpc) is 2.41. The van der Waals surface area contributed by atoms with Gasteiger partial charge in [0.1, 0.15) is 11.5 Å². The molecule has 0 unspecified atom stereocenters. The molecule has 0 amide bonds. The minimum Gasteiger partial charge on any atom is -0.455 e. The third kappa shape index (κ3) is 3.32. The van der Waals surface area contributed by atoms with Crippen LogP contribution in [0.3, 0.4) is 0 Å². The molecule has 0 aliphatic heterocycles. The smallest absolute Gasteiger partial charge is 0.173 e. The summed E-state index contributed by atoms with van der Waals surface area (Å²) in [6, 6.07) is 11.0. The molecule has 0 aliphatic rings. The first-order valence-electron chi connectivity index (χ1n) is 5.72. The SMILES string of the molecule is Cc1ccc(C(N)=NO)c(Oc2ccc(Br)cc2Br)c1. The third-order valence-electron chi connectivity index (χ3n) is 2.63. The number of hydrogen-bond donors (Lipinski definition) is 2. The first-order chi connectivity index (χ1) is 9.51. The van der Waals surface area contributed by atoms with Crippen LogP contribution in [0.25, 0.3) is 0 Å². The Morgan fingerprint density at radius 3 is 2.55 bits per heavy atom. The lowest BCUT2D eigenvalue weighted by atomic mass is 10.1. The van der Waals surface area contributed by atoms with Gasteiger partial charge in [0.15, 0.2) is 5.84 Å². The summed E-state index contributed by atoms with van der Waals surface area (Å²) in [7, 11) is 0. The van der Waals surface area contributed by atoms with Crippen LogP contribution in [0.4, 0.5) is 0 Å². The highest BCUT2D eigenvalue weighted by Gasteiger charge is 2.11. The van der Waals surface area contributed by atoms with E-state index in [2.05, 4.69) is 37.0 Å². The summed E-state index contributed by atoms with van der Waals surface area (Å²) in [6.07, 6.45) is 0. The number of nitrogens with two attached hydrogens (primary N) is 1. The summed E-state index contributed by atoms with van der Waals surface area (Å²) in [5.41, 5.74) is 7.21. The average molecular weight is 400 g/mol. The Kier molecular flexibility index (Phi) is 4.67. The van der Waals surface area contributed by atoms with Crippen LogP contribution < -0.4 is 10.5 Å². The zero-order valence-electron chi connectivity index (χ0n) is 10.6. The van der Waals surface area contributed by atoms with E-state index >= 15 is 0 Å². The standard InChI is InChI=1S/C14H12Br2N2O2/c1-8-2-4-10(14(17)18-19)13(6-8)20-12-5-3-9(15)7-11(12)16/h2-7,19H,1H3,(H2,17,18). The summed E-state index contributed by atoms with van der Waals surface area (Å²) < 4.78 is 7.61. The van der Waals surface area contributed by atoms with E-state index in [9.17, 15) is 0 Å². The fraction of sp³-hybridized carbons (Fsp3) is 0.0714. The zero-order valence-corrected chi connectivity index (χ0v) is 13.8. The van der Waals surface area contributed by atoms with Gasteiger partial charge in [-0.05, 0) is 58.7 Å². The van der Waals surface area contributed by atoms with Crippen LogP contribution in [0.5, 0.6) is 11.5 Å². The normalized spacial score (nSPS) is 11.4. The molecule has 0 atom stereocenters. The Bertz CT molecular complexity index is 672. The van der Waals surface area contributed by atoms with Crippen molar-refractivity contribution in [3.8, 4) is 11.5 Å². The molecule has 0 aliphatic carbocycles. The molecule has 2 aromatic carbocycles. The van der Waals surface area contributed by atoms with E-state index in [1.165, 1.54) is 0 Å². The van der Waals surface area contributed by atoms with E-state index in [4.69, 9.17) is 15.7 Å². The molecule has 0 bridgehead atoms. The van der Waals surface area contributed by atoms with Crippen LogP contribution in [-0.4, -0.2) is 11.0 Å².